The summed E-state index contributed by atoms with van der Waals surface area (Å²) in [4.78, 5) is 14.2. The van der Waals surface area contributed by atoms with E-state index in [1.165, 1.54) is 5.56 Å². The number of aliphatic hydroxyl groups is 1. The number of benzene rings is 1. The second kappa shape index (κ2) is 8.80. The molecule has 0 aliphatic rings. The molecule has 1 aromatic carbocycles. The van der Waals surface area contributed by atoms with Gasteiger partial charge in [0, 0.05) is 19.0 Å². The van der Waals surface area contributed by atoms with Crippen molar-refractivity contribution in [3.05, 3.63) is 35.9 Å². The summed E-state index contributed by atoms with van der Waals surface area (Å²) in [6.45, 7) is 4.97. The highest BCUT2D eigenvalue weighted by molar-refractivity contribution is 5.79. The van der Waals surface area contributed by atoms with Crippen LogP contribution < -0.4 is 5.32 Å². The molecule has 0 aliphatic heterocycles. The number of nitrogens with zero attached hydrogens (tertiary/aromatic N) is 1. The Balaban J connectivity index is 2.54. The number of hydrogen-bond donors (Lipinski definition) is 2. The number of carbonyl (C=O) groups excluding carboxylic acids is 1. The maximum absolute atomic E-state index is 12.3. The van der Waals surface area contributed by atoms with Gasteiger partial charge in [-0.2, -0.15) is 0 Å². The Bertz CT molecular complexity index is 418. The summed E-state index contributed by atoms with van der Waals surface area (Å²) in [7, 11) is 3.80. The molecule has 2 unspecified atom stereocenters. The Morgan fingerprint density at radius 2 is 1.86 bits per heavy atom. The van der Waals surface area contributed by atoms with Gasteiger partial charge in [-0.15, -0.1) is 0 Å². The van der Waals surface area contributed by atoms with Crippen LogP contribution in [0.1, 0.15) is 19.4 Å². The van der Waals surface area contributed by atoms with E-state index in [2.05, 4.69) is 19.2 Å². The average molecular weight is 292 g/mol. The predicted octanol–water partition coefficient (Wildman–Crippen LogP) is 1.54. The van der Waals surface area contributed by atoms with Gasteiger partial charge in [0.1, 0.15) is 0 Å². The first-order chi connectivity index (χ1) is 9.90. The number of hydrogen-bond acceptors (Lipinski definition) is 3. The van der Waals surface area contributed by atoms with Crippen molar-refractivity contribution in [3.63, 3.8) is 0 Å². The summed E-state index contributed by atoms with van der Waals surface area (Å²) in [5.74, 6) is 0.210. The lowest BCUT2D eigenvalue weighted by atomic mass is 9.88. The molecule has 118 valence electrons. The molecule has 4 heteroatoms. The minimum atomic E-state index is -0.534. The van der Waals surface area contributed by atoms with Crippen LogP contribution in [0.2, 0.25) is 0 Å². The summed E-state index contributed by atoms with van der Waals surface area (Å²) in [6.07, 6.45) is 0.196. The van der Waals surface area contributed by atoms with Gasteiger partial charge < -0.3 is 15.3 Å². The molecule has 0 aromatic heterocycles. The lowest BCUT2D eigenvalue weighted by Gasteiger charge is -2.22. The van der Waals surface area contributed by atoms with Gasteiger partial charge in [-0.3, -0.25) is 4.79 Å². The molecule has 4 nitrogen and oxygen atoms in total. The molecule has 0 heterocycles. The minimum Gasteiger partial charge on any atom is -0.390 e. The van der Waals surface area contributed by atoms with Gasteiger partial charge in [0.25, 0.3) is 0 Å². The monoisotopic (exact) mass is 292 g/mol. The molecule has 1 aromatic rings. The Kier molecular flexibility index (Phi) is 7.40. The molecular weight excluding hydrogens is 264 g/mol. The number of nitrogens with one attached hydrogen (secondary N) is 1. The van der Waals surface area contributed by atoms with E-state index in [1.54, 1.807) is 0 Å². The van der Waals surface area contributed by atoms with Crippen LogP contribution in [0.15, 0.2) is 30.3 Å². The van der Waals surface area contributed by atoms with Gasteiger partial charge in [0.15, 0.2) is 0 Å². The minimum absolute atomic E-state index is 0.0201. The van der Waals surface area contributed by atoms with Crippen molar-refractivity contribution < 1.29 is 9.90 Å². The lowest BCUT2D eigenvalue weighted by Crippen LogP contribution is -2.41. The maximum atomic E-state index is 12.3. The zero-order valence-corrected chi connectivity index (χ0v) is 13.5. The number of carbonyl (C=O) groups is 1. The van der Waals surface area contributed by atoms with Crippen LogP contribution >= 0.6 is 0 Å². The van der Waals surface area contributed by atoms with Crippen LogP contribution in [0.25, 0.3) is 0 Å². The van der Waals surface area contributed by atoms with Crippen LogP contribution in [-0.2, 0) is 11.2 Å². The Morgan fingerprint density at radius 1 is 1.24 bits per heavy atom. The van der Waals surface area contributed by atoms with Crippen molar-refractivity contribution in [1.29, 1.82) is 0 Å². The van der Waals surface area contributed by atoms with Crippen molar-refractivity contribution in [1.82, 2.24) is 10.2 Å². The summed E-state index contributed by atoms with van der Waals surface area (Å²) in [5, 5.41) is 12.7. The molecule has 2 atom stereocenters. The Labute approximate surface area is 128 Å². The van der Waals surface area contributed by atoms with E-state index in [1.807, 2.05) is 49.3 Å². The van der Waals surface area contributed by atoms with Crippen molar-refractivity contribution in [2.24, 2.45) is 11.8 Å². The standard InChI is InChI=1S/C17H28N2O2/c1-13(2)16(10-14-8-6-5-7-9-14)17(21)18-11-15(20)12-19(3)4/h5-9,13,15-16,20H,10-12H2,1-4H3,(H,18,21). The highest BCUT2D eigenvalue weighted by atomic mass is 16.3. The number of likely N-dealkylation sites (N-methyl/N-ethyl adjacent to an activating group) is 1. The van der Waals surface area contributed by atoms with Crippen molar-refractivity contribution in [2.75, 3.05) is 27.2 Å². The number of aliphatic hydroxyl groups excluding tert-OH is 1. The third-order valence-corrected chi connectivity index (χ3v) is 3.53. The van der Waals surface area contributed by atoms with Gasteiger partial charge in [0.2, 0.25) is 5.91 Å². The van der Waals surface area contributed by atoms with Crippen LogP contribution in [0.4, 0.5) is 0 Å². The lowest BCUT2D eigenvalue weighted by molar-refractivity contribution is -0.126. The second-order valence-electron chi connectivity index (χ2n) is 6.20. The summed E-state index contributed by atoms with van der Waals surface area (Å²) in [6, 6.07) is 10.1. The topological polar surface area (TPSA) is 52.6 Å². The van der Waals surface area contributed by atoms with E-state index in [9.17, 15) is 9.90 Å². The van der Waals surface area contributed by atoms with Crippen molar-refractivity contribution in [3.8, 4) is 0 Å². The third-order valence-electron chi connectivity index (χ3n) is 3.53. The SMILES string of the molecule is CC(C)C(Cc1ccccc1)C(=O)NCC(O)CN(C)C. The molecule has 1 rings (SSSR count). The van der Waals surface area contributed by atoms with Crippen LogP contribution in [0.5, 0.6) is 0 Å². The number of rotatable bonds is 8. The van der Waals surface area contributed by atoms with Crippen LogP contribution in [0, 0.1) is 11.8 Å². The van der Waals surface area contributed by atoms with Crippen LogP contribution in [0.3, 0.4) is 0 Å². The first kappa shape index (κ1) is 17.7. The van der Waals surface area contributed by atoms with Gasteiger partial charge in [-0.1, -0.05) is 44.2 Å². The van der Waals surface area contributed by atoms with Gasteiger partial charge in [0.05, 0.1) is 6.10 Å². The van der Waals surface area contributed by atoms with Gasteiger partial charge in [-0.25, -0.2) is 0 Å². The molecule has 0 saturated heterocycles. The largest absolute Gasteiger partial charge is 0.390 e. The van der Waals surface area contributed by atoms with Gasteiger partial charge >= 0.3 is 0 Å². The van der Waals surface area contributed by atoms with E-state index < -0.39 is 6.10 Å². The highest BCUT2D eigenvalue weighted by Crippen LogP contribution is 2.17. The van der Waals surface area contributed by atoms with Crippen molar-refractivity contribution >= 4 is 5.91 Å². The molecule has 21 heavy (non-hydrogen) atoms. The predicted molar refractivity (Wildman–Crippen MR) is 86.0 cm³/mol. The molecule has 2 N–H and O–H groups in total. The van der Waals surface area contributed by atoms with E-state index in [0.717, 1.165) is 6.42 Å². The maximum Gasteiger partial charge on any atom is 0.223 e. The Hall–Kier alpha value is -1.39. The molecule has 1 amide bonds. The fourth-order valence-corrected chi connectivity index (χ4v) is 2.33. The van der Waals surface area contributed by atoms with Crippen LogP contribution in [-0.4, -0.2) is 49.2 Å². The van der Waals surface area contributed by atoms with E-state index in [0.29, 0.717) is 13.1 Å². The summed E-state index contributed by atoms with van der Waals surface area (Å²) >= 11 is 0. The summed E-state index contributed by atoms with van der Waals surface area (Å²) < 4.78 is 0. The van der Waals surface area contributed by atoms with Gasteiger partial charge in [-0.05, 0) is 32.0 Å². The molecule has 0 radical (unpaired) electrons. The van der Waals surface area contributed by atoms with E-state index in [-0.39, 0.29) is 17.7 Å². The van der Waals surface area contributed by atoms with E-state index in [4.69, 9.17) is 0 Å². The smallest absolute Gasteiger partial charge is 0.223 e. The molecule has 0 bridgehead atoms. The molecule has 0 saturated carbocycles. The molecular formula is C17H28N2O2. The first-order valence-electron chi connectivity index (χ1n) is 7.54. The normalized spacial score (nSPS) is 14.2. The molecule has 0 aliphatic carbocycles. The molecule has 0 spiro atoms. The fourth-order valence-electron chi connectivity index (χ4n) is 2.33. The second-order valence-corrected chi connectivity index (χ2v) is 6.20. The highest BCUT2D eigenvalue weighted by Gasteiger charge is 2.22. The number of amides is 1. The average Bonchev–Trinajstić information content (AvgIpc) is 2.42. The fraction of sp³-hybridized carbons (Fsp3) is 0.588. The Morgan fingerprint density at radius 3 is 2.38 bits per heavy atom. The zero-order valence-electron chi connectivity index (χ0n) is 13.5. The molecule has 0 fully saturated rings. The zero-order chi connectivity index (χ0) is 15.8. The summed E-state index contributed by atoms with van der Waals surface area (Å²) in [5.41, 5.74) is 1.17. The quantitative estimate of drug-likeness (QED) is 0.764. The van der Waals surface area contributed by atoms with Crippen molar-refractivity contribution in [2.45, 2.75) is 26.4 Å². The third kappa shape index (κ3) is 6.74. The first-order valence-corrected chi connectivity index (χ1v) is 7.54. The van der Waals surface area contributed by atoms with E-state index >= 15 is 0 Å².